The van der Waals surface area contributed by atoms with Crippen LogP contribution < -0.4 is 4.74 Å². The molecule has 3 aromatic rings. The number of hydrogen-bond donors (Lipinski definition) is 0. The quantitative estimate of drug-likeness (QED) is 0.232. The first-order valence-corrected chi connectivity index (χ1v) is 12.8. The predicted molar refractivity (Wildman–Crippen MR) is 136 cm³/mol. The molecule has 0 bridgehead atoms. The van der Waals surface area contributed by atoms with E-state index in [-0.39, 0.29) is 41.0 Å². The van der Waals surface area contributed by atoms with Crippen molar-refractivity contribution in [1.82, 2.24) is 9.55 Å². The minimum atomic E-state index is -4.76. The Morgan fingerprint density at radius 1 is 1.05 bits per heavy atom. The molecule has 9 heteroatoms. The molecule has 4 rings (SSSR count). The first-order chi connectivity index (χ1) is 17.7. The summed E-state index contributed by atoms with van der Waals surface area (Å²) in [5.41, 5.74) is 2.16. The second-order valence-corrected chi connectivity index (χ2v) is 11.8. The maximum atomic E-state index is 15.7. The number of benzene rings is 2. The molecule has 38 heavy (non-hydrogen) atoms. The predicted octanol–water partition coefficient (Wildman–Crippen LogP) is 7.55. The van der Waals surface area contributed by atoms with Crippen molar-refractivity contribution in [2.24, 2.45) is 10.8 Å². The average molecular weight is 535 g/mol. The molecule has 1 aliphatic carbocycles. The van der Waals surface area contributed by atoms with Crippen LogP contribution in [0.5, 0.6) is 5.75 Å². The Labute approximate surface area is 220 Å². The van der Waals surface area contributed by atoms with E-state index >= 15 is 4.39 Å². The van der Waals surface area contributed by atoms with Crippen molar-refractivity contribution in [2.75, 3.05) is 7.11 Å². The number of halogens is 4. The van der Waals surface area contributed by atoms with Crippen molar-refractivity contribution in [2.45, 2.75) is 78.6 Å². The summed E-state index contributed by atoms with van der Waals surface area (Å²) in [6.45, 7) is 8.96. The number of aryl methyl sites for hydroxylation is 1. The van der Waals surface area contributed by atoms with Crippen molar-refractivity contribution >= 4 is 17.0 Å². The maximum absolute atomic E-state index is 15.7. The molecule has 1 heterocycles. The van der Waals surface area contributed by atoms with E-state index < -0.39 is 18.1 Å². The van der Waals surface area contributed by atoms with Crippen LogP contribution in [-0.4, -0.2) is 29.0 Å². The molecular formula is C29H34F4N2O3. The van der Waals surface area contributed by atoms with Crippen LogP contribution in [-0.2, 0) is 22.4 Å². The topological polar surface area (TPSA) is 53.4 Å². The number of methoxy groups -OCH3 is 1. The highest BCUT2D eigenvalue weighted by Gasteiger charge is 2.40. The Balaban J connectivity index is 1.76. The Kier molecular flexibility index (Phi) is 7.51. The van der Waals surface area contributed by atoms with Gasteiger partial charge in [0.1, 0.15) is 17.1 Å². The van der Waals surface area contributed by atoms with Gasteiger partial charge in [-0.2, -0.15) is 0 Å². The van der Waals surface area contributed by atoms with Gasteiger partial charge in [-0.1, -0.05) is 45.9 Å². The third-order valence-electron chi connectivity index (χ3n) is 7.20. The Morgan fingerprint density at radius 2 is 1.68 bits per heavy atom. The molecular weight excluding hydrogens is 500 g/mol. The first kappa shape index (κ1) is 27.9. The Bertz CT molecular complexity index is 1290. The molecule has 1 aromatic heterocycles. The van der Waals surface area contributed by atoms with Gasteiger partial charge >= 0.3 is 12.3 Å². The molecule has 1 fully saturated rings. The van der Waals surface area contributed by atoms with E-state index in [9.17, 15) is 18.0 Å². The van der Waals surface area contributed by atoms with E-state index in [1.54, 1.807) is 18.2 Å². The molecule has 0 aliphatic heterocycles. The zero-order valence-corrected chi connectivity index (χ0v) is 22.4. The normalized spacial score (nSPS) is 17.5. The monoisotopic (exact) mass is 534 g/mol. The van der Waals surface area contributed by atoms with Crippen LogP contribution in [0.3, 0.4) is 0 Å². The summed E-state index contributed by atoms with van der Waals surface area (Å²) < 4.78 is 64.2. The van der Waals surface area contributed by atoms with Gasteiger partial charge in [0, 0.05) is 18.9 Å². The van der Waals surface area contributed by atoms with Gasteiger partial charge in [-0.25, -0.2) is 9.37 Å². The molecule has 0 amide bonds. The molecule has 2 aromatic carbocycles. The standard InChI is InChI=1S/C29H34F4N2O3/c1-27(2)15-20(16-28(3,4)17-27)35-22-12-8-19(9-13-24(36)37-5)25(30)26(22)34-23(35)14-18-6-10-21(11-7-18)38-29(31,32)33/h6-8,10-12,20H,9,13-17H2,1-5H3. The summed E-state index contributed by atoms with van der Waals surface area (Å²) in [5.74, 6) is -0.533. The number of aromatic nitrogens is 2. The average Bonchev–Trinajstić information content (AvgIpc) is 3.15. The van der Waals surface area contributed by atoms with Crippen LogP contribution in [0.4, 0.5) is 17.6 Å². The summed E-state index contributed by atoms with van der Waals surface area (Å²) in [4.78, 5) is 16.3. The second kappa shape index (κ2) is 10.2. The number of ether oxygens (including phenoxy) is 2. The van der Waals surface area contributed by atoms with E-state index in [0.717, 1.165) is 24.8 Å². The van der Waals surface area contributed by atoms with Crippen LogP contribution >= 0.6 is 0 Å². The van der Waals surface area contributed by atoms with Crippen LogP contribution in [0.1, 0.15) is 76.4 Å². The molecule has 0 spiro atoms. The highest BCUT2D eigenvalue weighted by Crippen LogP contribution is 2.51. The van der Waals surface area contributed by atoms with E-state index in [1.807, 2.05) is 6.07 Å². The van der Waals surface area contributed by atoms with Gasteiger partial charge in [-0.3, -0.25) is 4.79 Å². The van der Waals surface area contributed by atoms with Gasteiger partial charge < -0.3 is 14.0 Å². The van der Waals surface area contributed by atoms with E-state index in [1.165, 1.54) is 19.2 Å². The molecule has 0 atom stereocenters. The summed E-state index contributed by atoms with van der Waals surface area (Å²) >= 11 is 0. The molecule has 0 radical (unpaired) electrons. The number of nitrogens with zero attached hydrogens (tertiary/aromatic N) is 2. The number of alkyl halides is 3. The molecule has 0 N–H and O–H groups in total. The fraction of sp³-hybridized carbons (Fsp3) is 0.517. The summed E-state index contributed by atoms with van der Waals surface area (Å²) in [6, 6.07) is 9.31. The number of carbonyl (C=O) groups is 1. The summed E-state index contributed by atoms with van der Waals surface area (Å²) in [5, 5.41) is 0. The number of imidazole rings is 1. The van der Waals surface area contributed by atoms with Gasteiger partial charge in [0.15, 0.2) is 5.82 Å². The van der Waals surface area contributed by atoms with Crippen LogP contribution in [0.15, 0.2) is 36.4 Å². The smallest absolute Gasteiger partial charge is 0.469 e. The Morgan fingerprint density at radius 3 is 2.26 bits per heavy atom. The third-order valence-corrected chi connectivity index (χ3v) is 7.20. The van der Waals surface area contributed by atoms with Crippen LogP contribution in [0, 0.1) is 16.6 Å². The molecule has 1 aliphatic rings. The maximum Gasteiger partial charge on any atom is 0.573 e. The SMILES string of the molecule is COC(=O)CCc1ccc2c(nc(Cc3ccc(OC(F)(F)F)cc3)n2C2CC(C)(C)CC(C)(C)C2)c1F. The highest BCUT2D eigenvalue weighted by molar-refractivity contribution is 5.78. The first-order valence-electron chi connectivity index (χ1n) is 12.8. The van der Waals surface area contributed by atoms with Gasteiger partial charge in [-0.15, -0.1) is 13.2 Å². The van der Waals surface area contributed by atoms with Gasteiger partial charge in [0.25, 0.3) is 0 Å². The molecule has 206 valence electrons. The molecule has 0 unspecified atom stereocenters. The number of rotatable bonds is 7. The van der Waals surface area contributed by atoms with Crippen LogP contribution in [0.25, 0.3) is 11.0 Å². The fourth-order valence-corrected chi connectivity index (χ4v) is 6.24. The van der Waals surface area contributed by atoms with E-state index in [0.29, 0.717) is 23.3 Å². The minimum absolute atomic E-state index is 0.0594. The van der Waals surface area contributed by atoms with Crippen molar-refractivity contribution in [1.29, 1.82) is 0 Å². The molecule has 1 saturated carbocycles. The highest BCUT2D eigenvalue weighted by atomic mass is 19.4. The van der Waals surface area contributed by atoms with Crippen molar-refractivity contribution in [3.05, 3.63) is 59.2 Å². The van der Waals surface area contributed by atoms with E-state index in [2.05, 4.69) is 41.7 Å². The van der Waals surface area contributed by atoms with Crippen molar-refractivity contribution in [3.63, 3.8) is 0 Å². The summed E-state index contributed by atoms with van der Waals surface area (Å²) in [6.07, 6.45) is -1.36. The van der Waals surface area contributed by atoms with E-state index in [4.69, 9.17) is 4.98 Å². The Hall–Kier alpha value is -3.10. The largest absolute Gasteiger partial charge is 0.573 e. The lowest BCUT2D eigenvalue weighted by Crippen LogP contribution is -2.35. The summed E-state index contributed by atoms with van der Waals surface area (Å²) in [7, 11) is 1.30. The lowest BCUT2D eigenvalue weighted by atomic mass is 9.63. The van der Waals surface area contributed by atoms with Gasteiger partial charge in [0.05, 0.1) is 12.6 Å². The van der Waals surface area contributed by atoms with Crippen molar-refractivity contribution in [3.8, 4) is 5.75 Å². The zero-order chi connectivity index (χ0) is 27.9. The minimum Gasteiger partial charge on any atom is -0.469 e. The molecule has 5 nitrogen and oxygen atoms in total. The van der Waals surface area contributed by atoms with Crippen LogP contribution in [0.2, 0.25) is 0 Å². The van der Waals surface area contributed by atoms with Gasteiger partial charge in [0.2, 0.25) is 0 Å². The third kappa shape index (κ3) is 6.48. The number of esters is 1. The number of carbonyl (C=O) groups excluding carboxylic acids is 1. The number of hydrogen-bond acceptors (Lipinski definition) is 4. The molecule has 0 saturated heterocycles. The number of fused-ring (bicyclic) bond motifs is 1. The zero-order valence-electron chi connectivity index (χ0n) is 22.4. The fourth-order valence-electron chi connectivity index (χ4n) is 6.24. The van der Waals surface area contributed by atoms with Crippen molar-refractivity contribution < 1.29 is 31.8 Å². The van der Waals surface area contributed by atoms with Gasteiger partial charge in [-0.05, 0) is 65.8 Å². The second-order valence-electron chi connectivity index (χ2n) is 11.8. The lowest BCUT2D eigenvalue weighted by Gasteiger charge is -2.45. The lowest BCUT2D eigenvalue weighted by molar-refractivity contribution is -0.274.